The van der Waals surface area contributed by atoms with Crippen molar-refractivity contribution in [3.8, 4) is 5.75 Å². The van der Waals surface area contributed by atoms with E-state index >= 15 is 0 Å². The summed E-state index contributed by atoms with van der Waals surface area (Å²) in [5, 5.41) is 0. The highest BCUT2D eigenvalue weighted by Gasteiger charge is 2.34. The first kappa shape index (κ1) is 17.5. The van der Waals surface area contributed by atoms with Gasteiger partial charge in [-0.15, -0.1) is 0 Å². The van der Waals surface area contributed by atoms with E-state index in [2.05, 4.69) is 6.92 Å². The smallest absolute Gasteiger partial charge is 0.229 e. The molecular formula is C17H28N2O2. The molecule has 1 rings (SSSR count). The van der Waals surface area contributed by atoms with Crippen molar-refractivity contribution in [3.05, 3.63) is 29.8 Å². The number of amides is 1. The van der Waals surface area contributed by atoms with E-state index in [1.807, 2.05) is 50.1 Å². The Morgan fingerprint density at radius 3 is 2.57 bits per heavy atom. The summed E-state index contributed by atoms with van der Waals surface area (Å²) in [6.07, 6.45) is 1.50. The van der Waals surface area contributed by atoms with Crippen molar-refractivity contribution >= 4 is 5.91 Å². The Morgan fingerprint density at radius 2 is 2.05 bits per heavy atom. The molecule has 0 heterocycles. The second-order valence-corrected chi connectivity index (χ2v) is 5.90. The summed E-state index contributed by atoms with van der Waals surface area (Å²) in [4.78, 5) is 14.4. The van der Waals surface area contributed by atoms with Crippen LogP contribution in [0.4, 0.5) is 0 Å². The lowest BCUT2D eigenvalue weighted by Gasteiger charge is -2.34. The molecule has 2 unspecified atom stereocenters. The zero-order chi connectivity index (χ0) is 16.0. The highest BCUT2D eigenvalue weighted by molar-refractivity contribution is 5.82. The summed E-state index contributed by atoms with van der Waals surface area (Å²) in [6, 6.07) is 8.01. The van der Waals surface area contributed by atoms with E-state index < -0.39 is 5.41 Å². The average Bonchev–Trinajstić information content (AvgIpc) is 2.53. The molecule has 0 radical (unpaired) electrons. The zero-order valence-corrected chi connectivity index (χ0v) is 13.8. The molecular weight excluding hydrogens is 264 g/mol. The minimum Gasteiger partial charge on any atom is -0.496 e. The molecule has 0 spiro atoms. The fourth-order valence-electron chi connectivity index (χ4n) is 2.34. The van der Waals surface area contributed by atoms with Crippen LogP contribution in [0.3, 0.4) is 0 Å². The number of ether oxygens (including phenoxy) is 1. The monoisotopic (exact) mass is 292 g/mol. The Labute approximate surface area is 128 Å². The van der Waals surface area contributed by atoms with Gasteiger partial charge in [-0.2, -0.15) is 0 Å². The van der Waals surface area contributed by atoms with Gasteiger partial charge in [0, 0.05) is 19.6 Å². The van der Waals surface area contributed by atoms with Crippen LogP contribution in [0.25, 0.3) is 0 Å². The van der Waals surface area contributed by atoms with Gasteiger partial charge in [-0.05, 0) is 38.3 Å². The van der Waals surface area contributed by atoms with Crippen LogP contribution < -0.4 is 10.5 Å². The zero-order valence-electron chi connectivity index (χ0n) is 13.8. The van der Waals surface area contributed by atoms with Crippen LogP contribution in [0.15, 0.2) is 24.3 Å². The lowest BCUT2D eigenvalue weighted by molar-refractivity contribution is -0.141. The summed E-state index contributed by atoms with van der Waals surface area (Å²) in [7, 11) is 3.52. The first-order valence-corrected chi connectivity index (χ1v) is 7.48. The Bertz CT molecular complexity index is 470. The number of benzene rings is 1. The van der Waals surface area contributed by atoms with Gasteiger partial charge < -0.3 is 15.4 Å². The van der Waals surface area contributed by atoms with Crippen LogP contribution in [0.2, 0.25) is 0 Å². The summed E-state index contributed by atoms with van der Waals surface area (Å²) in [5.74, 6) is 0.970. The van der Waals surface area contributed by atoms with Crippen molar-refractivity contribution in [1.82, 2.24) is 4.90 Å². The topological polar surface area (TPSA) is 55.6 Å². The van der Waals surface area contributed by atoms with Crippen molar-refractivity contribution in [2.75, 3.05) is 20.7 Å². The number of nitrogens with zero attached hydrogens (tertiary/aromatic N) is 1. The van der Waals surface area contributed by atoms with E-state index in [4.69, 9.17) is 10.5 Å². The lowest BCUT2D eigenvalue weighted by atomic mass is 9.85. The van der Waals surface area contributed by atoms with Gasteiger partial charge in [0.25, 0.3) is 0 Å². The number of carbonyl (C=O) groups excluding carboxylic acids is 1. The molecule has 1 aromatic carbocycles. The summed E-state index contributed by atoms with van der Waals surface area (Å²) >= 11 is 0. The molecule has 118 valence electrons. The fraction of sp³-hybridized carbons (Fsp3) is 0.588. The summed E-state index contributed by atoms with van der Waals surface area (Å²) in [5.41, 5.74) is 6.41. The van der Waals surface area contributed by atoms with Crippen molar-refractivity contribution in [1.29, 1.82) is 0 Å². The largest absolute Gasteiger partial charge is 0.496 e. The third-order valence-corrected chi connectivity index (χ3v) is 4.44. The van der Waals surface area contributed by atoms with Crippen LogP contribution >= 0.6 is 0 Å². The minimum atomic E-state index is -0.482. The molecule has 0 aliphatic rings. The van der Waals surface area contributed by atoms with E-state index in [0.29, 0.717) is 6.54 Å². The van der Waals surface area contributed by atoms with E-state index in [1.165, 1.54) is 0 Å². The highest BCUT2D eigenvalue weighted by Crippen LogP contribution is 2.25. The molecule has 1 aromatic rings. The SMILES string of the molecule is CCC(C)(CN)C(=O)N(C)C(C)Cc1ccccc1OC. The van der Waals surface area contributed by atoms with Gasteiger partial charge in [0.1, 0.15) is 5.75 Å². The third-order valence-electron chi connectivity index (χ3n) is 4.44. The van der Waals surface area contributed by atoms with Crippen LogP contribution in [0, 0.1) is 5.41 Å². The number of carbonyl (C=O) groups is 1. The summed E-state index contributed by atoms with van der Waals surface area (Å²) < 4.78 is 5.37. The van der Waals surface area contributed by atoms with Crippen molar-refractivity contribution in [3.63, 3.8) is 0 Å². The molecule has 0 aliphatic heterocycles. The van der Waals surface area contributed by atoms with Gasteiger partial charge in [0.2, 0.25) is 5.91 Å². The molecule has 4 nitrogen and oxygen atoms in total. The van der Waals surface area contributed by atoms with E-state index in [1.54, 1.807) is 7.11 Å². The maximum absolute atomic E-state index is 12.6. The Kier molecular flexibility index (Phi) is 6.21. The molecule has 1 amide bonds. The normalized spacial score (nSPS) is 15.1. The number of hydrogen-bond acceptors (Lipinski definition) is 3. The molecule has 0 saturated carbocycles. The first-order chi connectivity index (χ1) is 9.89. The van der Waals surface area contributed by atoms with Gasteiger partial charge in [-0.3, -0.25) is 4.79 Å². The molecule has 0 saturated heterocycles. The number of methoxy groups -OCH3 is 1. The number of para-hydroxylation sites is 1. The van der Waals surface area contributed by atoms with Crippen LogP contribution in [-0.2, 0) is 11.2 Å². The third kappa shape index (κ3) is 3.97. The van der Waals surface area contributed by atoms with E-state index in [-0.39, 0.29) is 11.9 Å². The van der Waals surface area contributed by atoms with Crippen LogP contribution in [0.5, 0.6) is 5.75 Å². The van der Waals surface area contributed by atoms with Crippen molar-refractivity contribution < 1.29 is 9.53 Å². The van der Waals surface area contributed by atoms with E-state index in [0.717, 1.165) is 24.2 Å². The molecule has 4 heteroatoms. The second kappa shape index (κ2) is 7.46. The maximum atomic E-state index is 12.6. The van der Waals surface area contributed by atoms with Crippen LogP contribution in [-0.4, -0.2) is 37.6 Å². The molecule has 0 fully saturated rings. The molecule has 2 atom stereocenters. The predicted molar refractivity (Wildman–Crippen MR) is 86.4 cm³/mol. The number of likely N-dealkylation sites (N-methyl/N-ethyl adjacent to an activating group) is 1. The molecule has 2 N–H and O–H groups in total. The molecule has 0 bridgehead atoms. The number of hydrogen-bond donors (Lipinski definition) is 1. The van der Waals surface area contributed by atoms with Crippen molar-refractivity contribution in [2.45, 2.75) is 39.7 Å². The van der Waals surface area contributed by atoms with Crippen LogP contribution in [0.1, 0.15) is 32.8 Å². The number of rotatable bonds is 7. The van der Waals surface area contributed by atoms with Gasteiger partial charge in [-0.25, -0.2) is 0 Å². The molecule has 0 aromatic heterocycles. The van der Waals surface area contributed by atoms with Crippen molar-refractivity contribution in [2.24, 2.45) is 11.1 Å². The maximum Gasteiger partial charge on any atom is 0.229 e. The quantitative estimate of drug-likeness (QED) is 0.840. The number of nitrogens with two attached hydrogens (primary N) is 1. The molecule has 0 aliphatic carbocycles. The Morgan fingerprint density at radius 1 is 1.43 bits per heavy atom. The highest BCUT2D eigenvalue weighted by atomic mass is 16.5. The summed E-state index contributed by atoms with van der Waals surface area (Å²) in [6.45, 7) is 6.36. The fourth-order valence-corrected chi connectivity index (χ4v) is 2.34. The minimum absolute atomic E-state index is 0.0891. The van der Waals surface area contributed by atoms with Gasteiger partial charge in [0.15, 0.2) is 0 Å². The average molecular weight is 292 g/mol. The second-order valence-electron chi connectivity index (χ2n) is 5.90. The lowest BCUT2D eigenvalue weighted by Crippen LogP contribution is -2.48. The Balaban J connectivity index is 2.83. The Hall–Kier alpha value is -1.55. The predicted octanol–water partition coefficient (Wildman–Crippen LogP) is 2.46. The van der Waals surface area contributed by atoms with E-state index in [9.17, 15) is 4.79 Å². The van der Waals surface area contributed by atoms with Gasteiger partial charge in [0.05, 0.1) is 12.5 Å². The van der Waals surface area contributed by atoms with Gasteiger partial charge in [-0.1, -0.05) is 25.1 Å². The standard InChI is InChI=1S/C17H28N2O2/c1-6-17(3,12-18)16(20)19(4)13(2)11-14-9-7-8-10-15(14)21-5/h7-10,13H,6,11-12,18H2,1-5H3. The molecule has 21 heavy (non-hydrogen) atoms. The first-order valence-electron chi connectivity index (χ1n) is 7.48. The van der Waals surface area contributed by atoms with Gasteiger partial charge >= 0.3 is 0 Å².